The Morgan fingerprint density at radius 2 is 1.95 bits per heavy atom. The lowest BCUT2D eigenvalue weighted by atomic mass is 10.1. The smallest absolute Gasteiger partial charge is 0.142 e. The standard InChI is InChI=1S/C16H18BrNO3/c1-20-13-5-3-4-11(8-13)15(19)10-18-14-9-12(17)6-7-16(14)21-2/h3-9,15,18-19H,10H2,1-2H3. The Hall–Kier alpha value is -1.72. The molecular weight excluding hydrogens is 334 g/mol. The Kier molecular flexibility index (Phi) is 5.47. The molecule has 112 valence electrons. The number of halogens is 1. The largest absolute Gasteiger partial charge is 0.497 e. The zero-order chi connectivity index (χ0) is 15.2. The summed E-state index contributed by atoms with van der Waals surface area (Å²) in [5.41, 5.74) is 1.63. The Bertz CT molecular complexity index is 604. The number of nitrogens with one attached hydrogen (secondary N) is 1. The van der Waals surface area contributed by atoms with Crippen molar-refractivity contribution < 1.29 is 14.6 Å². The second-order valence-electron chi connectivity index (χ2n) is 4.52. The third-order valence-corrected chi connectivity index (χ3v) is 3.62. The molecule has 0 saturated heterocycles. The zero-order valence-electron chi connectivity index (χ0n) is 12.0. The fourth-order valence-electron chi connectivity index (χ4n) is 1.99. The van der Waals surface area contributed by atoms with Crippen molar-refractivity contribution in [2.75, 3.05) is 26.1 Å². The molecule has 0 bridgehead atoms. The maximum atomic E-state index is 10.3. The average Bonchev–Trinajstić information content (AvgIpc) is 2.52. The Morgan fingerprint density at radius 3 is 2.67 bits per heavy atom. The molecule has 0 heterocycles. The molecule has 0 fully saturated rings. The predicted octanol–water partition coefficient (Wildman–Crippen LogP) is 3.61. The third kappa shape index (κ3) is 4.12. The van der Waals surface area contributed by atoms with Crippen LogP contribution in [-0.4, -0.2) is 25.9 Å². The van der Waals surface area contributed by atoms with Crippen LogP contribution >= 0.6 is 15.9 Å². The molecule has 21 heavy (non-hydrogen) atoms. The number of anilines is 1. The molecule has 4 nitrogen and oxygen atoms in total. The van der Waals surface area contributed by atoms with Crippen LogP contribution in [0.3, 0.4) is 0 Å². The van der Waals surface area contributed by atoms with Crippen LogP contribution in [0.5, 0.6) is 11.5 Å². The minimum atomic E-state index is -0.635. The van der Waals surface area contributed by atoms with Gasteiger partial charge >= 0.3 is 0 Å². The van der Waals surface area contributed by atoms with Crippen molar-refractivity contribution in [2.24, 2.45) is 0 Å². The number of ether oxygens (including phenoxy) is 2. The molecule has 2 aromatic rings. The summed E-state index contributed by atoms with van der Waals surface area (Å²) in [6.07, 6.45) is -0.635. The number of methoxy groups -OCH3 is 2. The van der Waals surface area contributed by atoms with E-state index < -0.39 is 6.10 Å². The van der Waals surface area contributed by atoms with Gasteiger partial charge in [0.15, 0.2) is 0 Å². The van der Waals surface area contributed by atoms with Gasteiger partial charge < -0.3 is 19.9 Å². The van der Waals surface area contributed by atoms with Crippen molar-refractivity contribution in [3.05, 3.63) is 52.5 Å². The molecule has 5 heteroatoms. The summed E-state index contributed by atoms with van der Waals surface area (Å²) in [6, 6.07) is 13.1. The molecule has 2 rings (SSSR count). The Balaban J connectivity index is 2.06. The number of aliphatic hydroxyl groups excluding tert-OH is 1. The second-order valence-corrected chi connectivity index (χ2v) is 5.43. The maximum Gasteiger partial charge on any atom is 0.142 e. The van der Waals surface area contributed by atoms with E-state index >= 15 is 0 Å². The van der Waals surface area contributed by atoms with Crippen molar-refractivity contribution in [3.63, 3.8) is 0 Å². The van der Waals surface area contributed by atoms with E-state index in [4.69, 9.17) is 9.47 Å². The van der Waals surface area contributed by atoms with Gasteiger partial charge in [0.05, 0.1) is 26.0 Å². The Morgan fingerprint density at radius 1 is 1.14 bits per heavy atom. The Labute approximate surface area is 132 Å². The summed E-state index contributed by atoms with van der Waals surface area (Å²) in [4.78, 5) is 0. The SMILES string of the molecule is COc1cccc(C(O)CNc2cc(Br)ccc2OC)c1. The van der Waals surface area contributed by atoms with Gasteiger partial charge in [0.25, 0.3) is 0 Å². The quantitative estimate of drug-likeness (QED) is 0.834. The molecule has 0 radical (unpaired) electrons. The predicted molar refractivity (Wildman–Crippen MR) is 87.1 cm³/mol. The van der Waals surface area contributed by atoms with E-state index in [1.807, 2.05) is 42.5 Å². The van der Waals surface area contributed by atoms with Crippen LogP contribution in [-0.2, 0) is 0 Å². The minimum Gasteiger partial charge on any atom is -0.497 e. The molecule has 2 N–H and O–H groups in total. The van der Waals surface area contributed by atoms with Crippen LogP contribution in [0.25, 0.3) is 0 Å². The normalized spacial score (nSPS) is 11.8. The maximum absolute atomic E-state index is 10.3. The molecule has 0 amide bonds. The lowest BCUT2D eigenvalue weighted by molar-refractivity contribution is 0.191. The highest BCUT2D eigenvalue weighted by Gasteiger charge is 2.10. The van der Waals surface area contributed by atoms with Gasteiger partial charge in [-0.3, -0.25) is 0 Å². The average molecular weight is 352 g/mol. The first-order chi connectivity index (χ1) is 10.1. The van der Waals surface area contributed by atoms with E-state index in [1.54, 1.807) is 14.2 Å². The van der Waals surface area contributed by atoms with Gasteiger partial charge in [-0.05, 0) is 35.9 Å². The van der Waals surface area contributed by atoms with Crippen molar-refractivity contribution in [1.82, 2.24) is 0 Å². The van der Waals surface area contributed by atoms with E-state index in [0.717, 1.165) is 27.2 Å². The van der Waals surface area contributed by atoms with Gasteiger partial charge in [-0.25, -0.2) is 0 Å². The van der Waals surface area contributed by atoms with Crippen LogP contribution in [0, 0.1) is 0 Å². The van der Waals surface area contributed by atoms with Crippen LogP contribution in [0.15, 0.2) is 46.9 Å². The lowest BCUT2D eigenvalue weighted by Gasteiger charge is -2.16. The molecule has 1 atom stereocenters. The fourth-order valence-corrected chi connectivity index (χ4v) is 2.35. The van der Waals surface area contributed by atoms with Gasteiger partial charge in [0, 0.05) is 11.0 Å². The van der Waals surface area contributed by atoms with Crippen molar-refractivity contribution >= 4 is 21.6 Å². The first kappa shape index (κ1) is 15.7. The van der Waals surface area contributed by atoms with Crippen molar-refractivity contribution in [3.8, 4) is 11.5 Å². The fraction of sp³-hybridized carbons (Fsp3) is 0.250. The zero-order valence-corrected chi connectivity index (χ0v) is 13.6. The van der Waals surface area contributed by atoms with Gasteiger partial charge in [0.1, 0.15) is 11.5 Å². The number of hydrogen-bond donors (Lipinski definition) is 2. The van der Waals surface area contributed by atoms with Crippen LogP contribution in [0.1, 0.15) is 11.7 Å². The minimum absolute atomic E-state index is 0.375. The summed E-state index contributed by atoms with van der Waals surface area (Å²) in [6.45, 7) is 0.375. The molecule has 0 aromatic heterocycles. The van der Waals surface area contributed by atoms with Crippen molar-refractivity contribution in [2.45, 2.75) is 6.10 Å². The summed E-state index contributed by atoms with van der Waals surface area (Å²) in [5, 5.41) is 13.5. The van der Waals surface area contributed by atoms with Gasteiger partial charge in [-0.1, -0.05) is 28.1 Å². The van der Waals surface area contributed by atoms with Crippen LogP contribution in [0.2, 0.25) is 0 Å². The van der Waals surface area contributed by atoms with Crippen molar-refractivity contribution in [1.29, 1.82) is 0 Å². The topological polar surface area (TPSA) is 50.7 Å². The molecule has 0 aliphatic rings. The first-order valence-corrected chi connectivity index (χ1v) is 7.32. The first-order valence-electron chi connectivity index (χ1n) is 6.53. The number of benzene rings is 2. The van der Waals surface area contributed by atoms with E-state index in [0.29, 0.717) is 6.54 Å². The number of aliphatic hydroxyl groups is 1. The molecule has 1 unspecified atom stereocenters. The third-order valence-electron chi connectivity index (χ3n) is 3.13. The molecule has 2 aromatic carbocycles. The van der Waals surface area contributed by atoms with Crippen LogP contribution in [0.4, 0.5) is 5.69 Å². The summed E-state index contributed by atoms with van der Waals surface area (Å²) >= 11 is 3.42. The molecule has 0 aliphatic carbocycles. The monoisotopic (exact) mass is 351 g/mol. The molecule has 0 saturated carbocycles. The highest BCUT2D eigenvalue weighted by atomic mass is 79.9. The van der Waals surface area contributed by atoms with Gasteiger partial charge in [-0.15, -0.1) is 0 Å². The molecule has 0 aliphatic heterocycles. The number of rotatable bonds is 6. The molecule has 0 spiro atoms. The number of hydrogen-bond acceptors (Lipinski definition) is 4. The van der Waals surface area contributed by atoms with Gasteiger partial charge in [-0.2, -0.15) is 0 Å². The molecular formula is C16H18BrNO3. The highest BCUT2D eigenvalue weighted by molar-refractivity contribution is 9.10. The van der Waals surface area contributed by atoms with E-state index in [1.165, 1.54) is 0 Å². The summed E-state index contributed by atoms with van der Waals surface area (Å²) in [5.74, 6) is 1.46. The summed E-state index contributed by atoms with van der Waals surface area (Å²) < 4.78 is 11.4. The van der Waals surface area contributed by atoms with Gasteiger partial charge in [0.2, 0.25) is 0 Å². The summed E-state index contributed by atoms with van der Waals surface area (Å²) in [7, 11) is 3.23. The highest BCUT2D eigenvalue weighted by Crippen LogP contribution is 2.28. The lowest BCUT2D eigenvalue weighted by Crippen LogP contribution is -2.12. The van der Waals surface area contributed by atoms with E-state index in [2.05, 4.69) is 21.2 Å². The van der Waals surface area contributed by atoms with Crippen LogP contribution < -0.4 is 14.8 Å². The van der Waals surface area contributed by atoms with E-state index in [9.17, 15) is 5.11 Å². The second kappa shape index (κ2) is 7.33. The van der Waals surface area contributed by atoms with E-state index in [-0.39, 0.29) is 0 Å².